The zero-order valence-electron chi connectivity index (χ0n) is 15.4. The van der Waals surface area contributed by atoms with Gasteiger partial charge >= 0.3 is 5.97 Å². The summed E-state index contributed by atoms with van der Waals surface area (Å²) >= 11 is 0. The molecule has 0 unspecified atom stereocenters. The summed E-state index contributed by atoms with van der Waals surface area (Å²) in [5, 5.41) is 2.79. The highest BCUT2D eigenvalue weighted by molar-refractivity contribution is 6.13. The van der Waals surface area contributed by atoms with Crippen LogP contribution in [0.5, 0.6) is 0 Å². The van der Waals surface area contributed by atoms with Crippen molar-refractivity contribution in [2.45, 2.75) is 19.4 Å². The number of carbonyl (C=O) groups is 3. The van der Waals surface area contributed by atoms with E-state index < -0.39 is 11.4 Å². The van der Waals surface area contributed by atoms with Crippen molar-refractivity contribution in [3.05, 3.63) is 65.7 Å². The van der Waals surface area contributed by atoms with Gasteiger partial charge in [0.25, 0.3) is 0 Å². The lowest BCUT2D eigenvalue weighted by Crippen LogP contribution is -2.40. The van der Waals surface area contributed by atoms with Crippen molar-refractivity contribution in [2.75, 3.05) is 19.5 Å². The van der Waals surface area contributed by atoms with Crippen LogP contribution in [0.1, 0.15) is 28.8 Å². The highest BCUT2D eigenvalue weighted by Gasteiger charge is 2.57. The molecule has 1 aliphatic carbocycles. The molecule has 27 heavy (non-hydrogen) atoms. The zero-order chi connectivity index (χ0) is 19.4. The second kappa shape index (κ2) is 7.61. The van der Waals surface area contributed by atoms with E-state index in [1.807, 2.05) is 30.3 Å². The van der Waals surface area contributed by atoms with Gasteiger partial charge in [0.2, 0.25) is 11.8 Å². The first kappa shape index (κ1) is 18.6. The predicted molar refractivity (Wildman–Crippen MR) is 101 cm³/mol. The van der Waals surface area contributed by atoms with E-state index in [4.69, 9.17) is 0 Å². The number of nitrogens with zero attached hydrogens (tertiary/aromatic N) is 1. The van der Waals surface area contributed by atoms with Gasteiger partial charge in [-0.05, 0) is 42.7 Å². The van der Waals surface area contributed by atoms with Crippen molar-refractivity contribution in [3.8, 4) is 0 Å². The molecule has 2 aromatic rings. The summed E-state index contributed by atoms with van der Waals surface area (Å²) in [6, 6.07) is 16.1. The van der Waals surface area contributed by atoms with Crippen molar-refractivity contribution in [2.24, 2.45) is 5.41 Å². The standard InChI is InChI=1S/C21H22N2O4/c1-23(14-15-6-4-3-5-7-15)20(26)21(12-13-21)19(25)22-17-10-8-16(9-11-17)18(24)27-2/h3-11H,12-14H2,1-2H3,(H,22,25). The molecule has 0 aliphatic heterocycles. The van der Waals surface area contributed by atoms with Crippen LogP contribution in [0.15, 0.2) is 54.6 Å². The van der Waals surface area contributed by atoms with Crippen LogP contribution in [0.2, 0.25) is 0 Å². The van der Waals surface area contributed by atoms with Gasteiger partial charge in [-0.2, -0.15) is 0 Å². The summed E-state index contributed by atoms with van der Waals surface area (Å²) in [7, 11) is 3.03. The molecule has 6 nitrogen and oxygen atoms in total. The fraction of sp³-hybridized carbons (Fsp3) is 0.286. The van der Waals surface area contributed by atoms with Gasteiger partial charge in [0, 0.05) is 19.3 Å². The molecule has 0 spiro atoms. The Morgan fingerprint density at radius 2 is 1.67 bits per heavy atom. The lowest BCUT2D eigenvalue weighted by molar-refractivity contribution is -0.141. The molecule has 0 heterocycles. The summed E-state index contributed by atoms with van der Waals surface area (Å²) in [4.78, 5) is 38.6. The maximum absolute atomic E-state index is 12.8. The van der Waals surface area contributed by atoms with Gasteiger partial charge in [-0.1, -0.05) is 30.3 Å². The van der Waals surface area contributed by atoms with Gasteiger partial charge in [-0.3, -0.25) is 9.59 Å². The highest BCUT2D eigenvalue weighted by atomic mass is 16.5. The molecule has 0 atom stereocenters. The minimum atomic E-state index is -0.995. The number of anilines is 1. The first-order valence-corrected chi connectivity index (χ1v) is 8.75. The Morgan fingerprint density at radius 1 is 1.04 bits per heavy atom. The molecule has 1 fully saturated rings. The average molecular weight is 366 g/mol. The van der Waals surface area contributed by atoms with E-state index in [1.165, 1.54) is 7.11 Å². The largest absolute Gasteiger partial charge is 0.465 e. The lowest BCUT2D eigenvalue weighted by atomic mass is 10.0. The predicted octanol–water partition coefficient (Wildman–Crippen LogP) is 2.85. The van der Waals surface area contributed by atoms with Crippen LogP contribution in [-0.4, -0.2) is 36.8 Å². The summed E-state index contributed by atoms with van der Waals surface area (Å²) in [5.41, 5.74) is 0.959. The fourth-order valence-electron chi connectivity index (χ4n) is 3.02. The van der Waals surface area contributed by atoms with Crippen LogP contribution in [0.25, 0.3) is 0 Å². The topological polar surface area (TPSA) is 75.7 Å². The SMILES string of the molecule is COC(=O)c1ccc(NC(=O)C2(C(=O)N(C)Cc3ccccc3)CC2)cc1. The Hall–Kier alpha value is -3.15. The first-order chi connectivity index (χ1) is 13.0. The number of ether oxygens (including phenoxy) is 1. The average Bonchev–Trinajstić information content (AvgIpc) is 3.50. The number of amides is 2. The Morgan fingerprint density at radius 3 is 2.22 bits per heavy atom. The van der Waals surface area contributed by atoms with E-state index in [-0.39, 0.29) is 11.8 Å². The monoisotopic (exact) mass is 366 g/mol. The maximum Gasteiger partial charge on any atom is 0.337 e. The number of rotatable bonds is 6. The van der Waals surface area contributed by atoms with Crippen molar-refractivity contribution < 1.29 is 19.1 Å². The summed E-state index contributed by atoms with van der Waals surface area (Å²) in [6.45, 7) is 0.461. The van der Waals surface area contributed by atoms with Crippen LogP contribution < -0.4 is 5.32 Å². The minimum Gasteiger partial charge on any atom is -0.465 e. The Balaban J connectivity index is 1.65. The molecule has 1 N–H and O–H groups in total. The smallest absolute Gasteiger partial charge is 0.337 e. The molecule has 0 aromatic heterocycles. The van der Waals surface area contributed by atoms with Gasteiger partial charge in [-0.15, -0.1) is 0 Å². The fourth-order valence-corrected chi connectivity index (χ4v) is 3.02. The third kappa shape index (κ3) is 4.00. The van der Waals surface area contributed by atoms with Gasteiger partial charge in [0.1, 0.15) is 5.41 Å². The normalized spacial score (nSPS) is 14.1. The molecule has 0 radical (unpaired) electrons. The molecule has 6 heteroatoms. The molecule has 1 saturated carbocycles. The van der Waals surface area contributed by atoms with Gasteiger partial charge in [-0.25, -0.2) is 4.79 Å². The Kier molecular flexibility index (Phi) is 5.26. The zero-order valence-corrected chi connectivity index (χ0v) is 15.4. The van der Waals surface area contributed by atoms with Crippen LogP contribution in [0.3, 0.4) is 0 Å². The van der Waals surface area contributed by atoms with Crippen molar-refractivity contribution in [3.63, 3.8) is 0 Å². The maximum atomic E-state index is 12.8. The van der Waals surface area contributed by atoms with Gasteiger partial charge in [0.15, 0.2) is 0 Å². The van der Waals surface area contributed by atoms with Gasteiger partial charge < -0.3 is 15.0 Å². The van der Waals surface area contributed by atoms with E-state index in [0.29, 0.717) is 30.6 Å². The number of hydrogen-bond acceptors (Lipinski definition) is 4. The summed E-state index contributed by atoms with van der Waals surface area (Å²) in [5.74, 6) is -0.919. The molecule has 2 amide bonds. The number of nitrogens with one attached hydrogen (secondary N) is 1. The highest BCUT2D eigenvalue weighted by Crippen LogP contribution is 2.48. The third-order valence-electron chi connectivity index (χ3n) is 4.77. The molecule has 0 saturated heterocycles. The number of esters is 1. The first-order valence-electron chi connectivity index (χ1n) is 8.75. The Bertz CT molecular complexity index is 842. The molecule has 140 valence electrons. The second-order valence-electron chi connectivity index (χ2n) is 6.75. The van der Waals surface area contributed by atoms with Crippen molar-refractivity contribution in [1.29, 1.82) is 0 Å². The molecule has 3 rings (SSSR count). The second-order valence-corrected chi connectivity index (χ2v) is 6.75. The van der Waals surface area contributed by atoms with Gasteiger partial charge in [0.05, 0.1) is 12.7 Å². The van der Waals surface area contributed by atoms with E-state index in [2.05, 4.69) is 10.1 Å². The minimum absolute atomic E-state index is 0.171. The van der Waals surface area contributed by atoms with E-state index >= 15 is 0 Å². The summed E-state index contributed by atoms with van der Waals surface area (Å²) in [6.07, 6.45) is 1.08. The number of hydrogen-bond donors (Lipinski definition) is 1. The quantitative estimate of drug-likeness (QED) is 0.630. The molecule has 1 aliphatic rings. The molecular formula is C21H22N2O4. The Labute approximate surface area is 158 Å². The van der Waals surface area contributed by atoms with E-state index in [0.717, 1.165) is 5.56 Å². The van der Waals surface area contributed by atoms with Crippen LogP contribution in [-0.2, 0) is 20.9 Å². The number of benzene rings is 2. The number of carbonyl (C=O) groups excluding carboxylic acids is 3. The van der Waals surface area contributed by atoms with Crippen LogP contribution >= 0.6 is 0 Å². The van der Waals surface area contributed by atoms with Crippen molar-refractivity contribution >= 4 is 23.5 Å². The van der Waals surface area contributed by atoms with Crippen LogP contribution in [0.4, 0.5) is 5.69 Å². The molecule has 0 bridgehead atoms. The van der Waals surface area contributed by atoms with Crippen molar-refractivity contribution in [1.82, 2.24) is 4.90 Å². The summed E-state index contributed by atoms with van der Waals surface area (Å²) < 4.78 is 4.65. The third-order valence-corrected chi connectivity index (χ3v) is 4.77. The lowest BCUT2D eigenvalue weighted by Gasteiger charge is -2.23. The van der Waals surface area contributed by atoms with Crippen LogP contribution in [0, 0.1) is 5.41 Å². The van der Waals surface area contributed by atoms with E-state index in [1.54, 1.807) is 36.2 Å². The number of methoxy groups -OCH3 is 1. The van der Waals surface area contributed by atoms with E-state index in [9.17, 15) is 14.4 Å². The molecule has 2 aromatic carbocycles. The molecular weight excluding hydrogens is 344 g/mol.